The number of piperazine rings is 1. The van der Waals surface area contributed by atoms with Gasteiger partial charge in [0.15, 0.2) is 0 Å². The molecule has 1 saturated carbocycles. The lowest BCUT2D eigenvalue weighted by molar-refractivity contribution is 0.00786. The summed E-state index contributed by atoms with van der Waals surface area (Å²) in [4.78, 5) is 4.98. The van der Waals surface area contributed by atoms with E-state index in [1.165, 1.54) is 38.6 Å². The van der Waals surface area contributed by atoms with Crippen LogP contribution in [0.15, 0.2) is 0 Å². The standard InChI is InChI=1S/C16H33N3O/c1-15(2,20)13-18-8-10-19(11-9-18)14-16(12-17)6-4-3-5-7-16/h20H,3-14,17H2,1-2H3. The van der Waals surface area contributed by atoms with Crippen molar-refractivity contribution in [3.63, 3.8) is 0 Å². The maximum atomic E-state index is 9.90. The molecule has 0 atom stereocenters. The topological polar surface area (TPSA) is 52.7 Å². The molecule has 20 heavy (non-hydrogen) atoms. The number of β-amino-alcohol motifs (C(OH)–C–C–N with tert-alkyl or cyclic N) is 1. The zero-order valence-electron chi connectivity index (χ0n) is 13.4. The first-order chi connectivity index (χ1) is 9.42. The predicted octanol–water partition coefficient (Wildman–Crippen LogP) is 1.28. The summed E-state index contributed by atoms with van der Waals surface area (Å²) >= 11 is 0. The van der Waals surface area contributed by atoms with Gasteiger partial charge in [-0.15, -0.1) is 0 Å². The Labute approximate surface area is 124 Å². The fourth-order valence-electron chi connectivity index (χ4n) is 3.86. The molecule has 2 aliphatic rings. The van der Waals surface area contributed by atoms with Crippen LogP contribution < -0.4 is 5.73 Å². The first-order valence-electron chi connectivity index (χ1n) is 8.30. The molecule has 1 saturated heterocycles. The molecule has 4 heteroatoms. The fourth-order valence-corrected chi connectivity index (χ4v) is 3.86. The van der Waals surface area contributed by atoms with Gasteiger partial charge in [0.1, 0.15) is 0 Å². The van der Waals surface area contributed by atoms with Crippen LogP contribution in [0.25, 0.3) is 0 Å². The Morgan fingerprint density at radius 3 is 2.05 bits per heavy atom. The van der Waals surface area contributed by atoms with Crippen molar-refractivity contribution in [2.75, 3.05) is 45.8 Å². The Morgan fingerprint density at radius 2 is 1.55 bits per heavy atom. The molecule has 4 nitrogen and oxygen atoms in total. The van der Waals surface area contributed by atoms with E-state index in [1.54, 1.807) is 0 Å². The van der Waals surface area contributed by atoms with Crippen LogP contribution >= 0.6 is 0 Å². The van der Waals surface area contributed by atoms with Gasteiger partial charge in [-0.05, 0) is 38.6 Å². The Kier molecular flexibility index (Phi) is 5.46. The Bertz CT molecular complexity index is 287. The highest BCUT2D eigenvalue weighted by Gasteiger charge is 2.33. The van der Waals surface area contributed by atoms with Crippen molar-refractivity contribution >= 4 is 0 Å². The minimum Gasteiger partial charge on any atom is -0.389 e. The molecular formula is C16H33N3O. The van der Waals surface area contributed by atoms with E-state index in [0.717, 1.165) is 39.3 Å². The third-order valence-corrected chi connectivity index (χ3v) is 4.98. The molecule has 0 aromatic carbocycles. The van der Waals surface area contributed by atoms with Gasteiger partial charge in [0.2, 0.25) is 0 Å². The maximum absolute atomic E-state index is 9.90. The van der Waals surface area contributed by atoms with Gasteiger partial charge in [-0.1, -0.05) is 19.3 Å². The van der Waals surface area contributed by atoms with Crippen molar-refractivity contribution in [1.29, 1.82) is 0 Å². The van der Waals surface area contributed by atoms with Gasteiger partial charge >= 0.3 is 0 Å². The molecule has 1 heterocycles. The molecule has 0 amide bonds. The van der Waals surface area contributed by atoms with E-state index in [0.29, 0.717) is 5.41 Å². The highest BCUT2D eigenvalue weighted by molar-refractivity contribution is 4.88. The summed E-state index contributed by atoms with van der Waals surface area (Å²) in [5.41, 5.74) is 5.90. The normalized spacial score (nSPS) is 25.8. The van der Waals surface area contributed by atoms with Crippen LogP contribution in [0, 0.1) is 5.41 Å². The van der Waals surface area contributed by atoms with Gasteiger partial charge in [0, 0.05) is 39.3 Å². The lowest BCUT2D eigenvalue weighted by Gasteiger charge is -2.44. The van der Waals surface area contributed by atoms with Crippen LogP contribution in [0.1, 0.15) is 46.0 Å². The summed E-state index contributed by atoms with van der Waals surface area (Å²) < 4.78 is 0. The van der Waals surface area contributed by atoms with Crippen molar-refractivity contribution in [1.82, 2.24) is 9.80 Å². The Morgan fingerprint density at radius 1 is 1.00 bits per heavy atom. The second-order valence-electron chi connectivity index (χ2n) is 7.63. The number of nitrogens with zero attached hydrogens (tertiary/aromatic N) is 2. The molecule has 2 fully saturated rings. The molecule has 3 N–H and O–H groups in total. The summed E-state index contributed by atoms with van der Waals surface area (Å²) in [5, 5.41) is 9.90. The van der Waals surface area contributed by atoms with Crippen molar-refractivity contribution < 1.29 is 5.11 Å². The quantitative estimate of drug-likeness (QED) is 0.798. The largest absolute Gasteiger partial charge is 0.389 e. The lowest BCUT2D eigenvalue weighted by Crippen LogP contribution is -2.53. The molecule has 0 radical (unpaired) electrons. The summed E-state index contributed by atoms with van der Waals surface area (Å²) in [5.74, 6) is 0. The van der Waals surface area contributed by atoms with E-state index >= 15 is 0 Å². The van der Waals surface area contributed by atoms with Crippen molar-refractivity contribution in [2.45, 2.75) is 51.6 Å². The van der Waals surface area contributed by atoms with Crippen LogP contribution in [0.4, 0.5) is 0 Å². The molecular weight excluding hydrogens is 250 g/mol. The minimum absolute atomic E-state index is 0.386. The van der Waals surface area contributed by atoms with Crippen LogP contribution in [-0.2, 0) is 0 Å². The zero-order chi connectivity index (χ0) is 14.6. The molecule has 0 spiro atoms. The maximum Gasteiger partial charge on any atom is 0.0718 e. The fraction of sp³-hybridized carbons (Fsp3) is 1.00. The average Bonchev–Trinajstić information content (AvgIpc) is 2.40. The summed E-state index contributed by atoms with van der Waals surface area (Å²) in [6.45, 7) is 11.0. The van der Waals surface area contributed by atoms with Gasteiger partial charge < -0.3 is 15.7 Å². The summed E-state index contributed by atoms with van der Waals surface area (Å²) in [6, 6.07) is 0. The van der Waals surface area contributed by atoms with Gasteiger partial charge in [0.25, 0.3) is 0 Å². The van der Waals surface area contributed by atoms with Crippen molar-refractivity contribution in [3.8, 4) is 0 Å². The molecule has 1 aliphatic heterocycles. The first kappa shape index (κ1) is 16.2. The highest BCUT2D eigenvalue weighted by atomic mass is 16.3. The van der Waals surface area contributed by atoms with Crippen molar-refractivity contribution in [2.24, 2.45) is 11.1 Å². The van der Waals surface area contributed by atoms with Gasteiger partial charge in [-0.25, -0.2) is 0 Å². The Balaban J connectivity index is 1.78. The smallest absolute Gasteiger partial charge is 0.0718 e. The van der Waals surface area contributed by atoms with Crippen LogP contribution in [-0.4, -0.2) is 66.3 Å². The Hall–Kier alpha value is -0.160. The lowest BCUT2D eigenvalue weighted by atomic mass is 9.73. The predicted molar refractivity (Wildman–Crippen MR) is 83.8 cm³/mol. The SMILES string of the molecule is CC(C)(O)CN1CCN(CC2(CN)CCCCC2)CC1. The van der Waals surface area contributed by atoms with E-state index < -0.39 is 5.60 Å². The number of rotatable bonds is 5. The summed E-state index contributed by atoms with van der Waals surface area (Å²) in [6.07, 6.45) is 6.73. The molecule has 0 aromatic rings. The zero-order valence-corrected chi connectivity index (χ0v) is 13.4. The van der Waals surface area contributed by atoms with E-state index in [1.807, 2.05) is 13.8 Å². The van der Waals surface area contributed by atoms with Crippen LogP contribution in [0.5, 0.6) is 0 Å². The molecule has 1 aliphatic carbocycles. The van der Waals surface area contributed by atoms with Crippen LogP contribution in [0.2, 0.25) is 0 Å². The number of hydrogen-bond acceptors (Lipinski definition) is 4. The van der Waals surface area contributed by atoms with Gasteiger partial charge in [-0.3, -0.25) is 4.90 Å². The third kappa shape index (κ3) is 4.69. The van der Waals surface area contributed by atoms with Crippen LogP contribution in [0.3, 0.4) is 0 Å². The number of nitrogens with two attached hydrogens (primary N) is 1. The molecule has 0 unspecified atom stereocenters. The molecule has 0 bridgehead atoms. The highest BCUT2D eigenvalue weighted by Crippen LogP contribution is 2.36. The van der Waals surface area contributed by atoms with E-state index in [4.69, 9.17) is 5.73 Å². The number of hydrogen-bond donors (Lipinski definition) is 2. The van der Waals surface area contributed by atoms with Gasteiger partial charge in [0.05, 0.1) is 5.60 Å². The second kappa shape index (κ2) is 6.73. The van der Waals surface area contributed by atoms with Crippen molar-refractivity contribution in [3.05, 3.63) is 0 Å². The second-order valence-corrected chi connectivity index (χ2v) is 7.63. The molecule has 0 aromatic heterocycles. The first-order valence-corrected chi connectivity index (χ1v) is 8.30. The number of aliphatic hydroxyl groups is 1. The average molecular weight is 283 g/mol. The molecule has 2 rings (SSSR count). The van der Waals surface area contributed by atoms with E-state index in [2.05, 4.69) is 9.80 Å². The monoisotopic (exact) mass is 283 g/mol. The molecule has 118 valence electrons. The van der Waals surface area contributed by atoms with E-state index in [9.17, 15) is 5.11 Å². The minimum atomic E-state index is -0.579. The van der Waals surface area contributed by atoms with Gasteiger partial charge in [-0.2, -0.15) is 0 Å². The third-order valence-electron chi connectivity index (χ3n) is 4.98. The van der Waals surface area contributed by atoms with E-state index in [-0.39, 0.29) is 0 Å². The summed E-state index contributed by atoms with van der Waals surface area (Å²) in [7, 11) is 0.